The number of aryl methyl sites for hydroxylation is 1. The second-order valence-corrected chi connectivity index (χ2v) is 4.96. The molecule has 0 aliphatic carbocycles. The Morgan fingerprint density at radius 2 is 2.26 bits per heavy atom. The highest BCUT2D eigenvalue weighted by molar-refractivity contribution is 6.32. The molecule has 1 amide bonds. The molecule has 122 valence electrons. The average molecular weight is 337 g/mol. The summed E-state index contributed by atoms with van der Waals surface area (Å²) < 4.78 is 15.8. The van der Waals surface area contributed by atoms with E-state index in [4.69, 9.17) is 25.5 Å². The monoisotopic (exact) mass is 336 g/mol. The van der Waals surface area contributed by atoms with Crippen LogP contribution in [0.25, 0.3) is 0 Å². The zero-order valence-electron chi connectivity index (χ0n) is 13.1. The maximum Gasteiger partial charge on any atom is 0.274 e. The van der Waals surface area contributed by atoms with Crippen LogP contribution in [0.1, 0.15) is 28.6 Å². The van der Waals surface area contributed by atoms with E-state index in [9.17, 15) is 4.79 Å². The molecule has 2 rings (SSSR count). The van der Waals surface area contributed by atoms with Gasteiger partial charge in [0.1, 0.15) is 5.76 Å². The maximum absolute atomic E-state index is 11.9. The molecule has 1 aromatic carbocycles. The topological polar surface area (TPSA) is 73.1 Å². The Balaban J connectivity index is 2.12. The van der Waals surface area contributed by atoms with Gasteiger partial charge in [-0.1, -0.05) is 11.6 Å². The lowest BCUT2D eigenvalue weighted by Crippen LogP contribution is -2.17. The molecule has 1 heterocycles. The van der Waals surface area contributed by atoms with Crippen molar-refractivity contribution in [1.29, 1.82) is 0 Å². The molecule has 1 N–H and O–H groups in total. The average Bonchev–Trinajstić information content (AvgIpc) is 2.95. The Labute approximate surface area is 139 Å². The summed E-state index contributed by atoms with van der Waals surface area (Å²) in [6, 6.07) is 4.97. The van der Waals surface area contributed by atoms with Crippen molar-refractivity contribution in [2.75, 3.05) is 13.7 Å². The third-order valence-electron chi connectivity index (χ3n) is 3.02. The molecule has 0 saturated heterocycles. The molecule has 0 aliphatic rings. The molecule has 0 saturated carbocycles. The van der Waals surface area contributed by atoms with Gasteiger partial charge in [-0.2, -0.15) is 5.10 Å². The van der Waals surface area contributed by atoms with Crippen molar-refractivity contribution < 1.29 is 18.7 Å². The van der Waals surface area contributed by atoms with E-state index in [1.54, 1.807) is 25.1 Å². The van der Waals surface area contributed by atoms with Gasteiger partial charge in [-0.25, -0.2) is 5.43 Å². The number of carbonyl (C=O) groups excluding carboxylic acids is 1. The number of hydrogen-bond donors (Lipinski definition) is 1. The number of halogens is 1. The maximum atomic E-state index is 11.9. The molecule has 0 spiro atoms. The van der Waals surface area contributed by atoms with Gasteiger partial charge in [-0.3, -0.25) is 4.79 Å². The molecule has 2 aromatic rings. The van der Waals surface area contributed by atoms with Crippen molar-refractivity contribution in [2.24, 2.45) is 5.10 Å². The summed E-state index contributed by atoms with van der Waals surface area (Å²) in [5, 5.41) is 4.32. The standard InChI is InChI=1S/C16H17ClN2O4/c1-4-22-15-13(17)7-11(8-14(15)21-3)9-18-19-16(20)12-5-6-23-10(12)2/h5-9H,4H2,1-3H3,(H,19,20)/b18-9-. The van der Waals surface area contributed by atoms with E-state index >= 15 is 0 Å². The predicted molar refractivity (Wildman–Crippen MR) is 87.7 cm³/mol. The van der Waals surface area contributed by atoms with Gasteiger partial charge in [0.05, 0.1) is 36.8 Å². The van der Waals surface area contributed by atoms with Crippen LogP contribution in [0.5, 0.6) is 11.5 Å². The molecule has 1 aromatic heterocycles. The van der Waals surface area contributed by atoms with Crippen LogP contribution in [-0.2, 0) is 0 Å². The summed E-state index contributed by atoms with van der Waals surface area (Å²) in [5.74, 6) is 1.16. The molecule has 0 aliphatic heterocycles. The summed E-state index contributed by atoms with van der Waals surface area (Å²) in [7, 11) is 1.53. The summed E-state index contributed by atoms with van der Waals surface area (Å²) in [4.78, 5) is 11.9. The van der Waals surface area contributed by atoms with Crippen LogP contribution >= 0.6 is 11.6 Å². The van der Waals surface area contributed by atoms with E-state index in [1.165, 1.54) is 19.6 Å². The Kier molecular flexibility index (Phi) is 5.65. The molecule has 6 nitrogen and oxygen atoms in total. The molecule has 7 heteroatoms. The lowest BCUT2D eigenvalue weighted by atomic mass is 10.2. The van der Waals surface area contributed by atoms with Crippen molar-refractivity contribution in [3.63, 3.8) is 0 Å². The molecule has 0 unspecified atom stereocenters. The number of amides is 1. The van der Waals surface area contributed by atoms with E-state index in [-0.39, 0.29) is 5.91 Å². The lowest BCUT2D eigenvalue weighted by molar-refractivity contribution is 0.0953. The number of ether oxygens (including phenoxy) is 2. The molecule has 0 radical (unpaired) electrons. The van der Waals surface area contributed by atoms with Crippen molar-refractivity contribution in [2.45, 2.75) is 13.8 Å². The zero-order valence-corrected chi connectivity index (χ0v) is 13.8. The Bertz CT molecular complexity index is 725. The normalized spacial score (nSPS) is 10.8. The first-order chi connectivity index (χ1) is 11.1. The number of nitrogens with one attached hydrogen (secondary N) is 1. The van der Waals surface area contributed by atoms with Gasteiger partial charge in [0.2, 0.25) is 0 Å². The van der Waals surface area contributed by atoms with Gasteiger partial charge in [-0.05, 0) is 37.6 Å². The largest absolute Gasteiger partial charge is 0.493 e. The Morgan fingerprint density at radius 3 is 2.87 bits per heavy atom. The van der Waals surface area contributed by atoms with Gasteiger partial charge in [-0.15, -0.1) is 0 Å². The van der Waals surface area contributed by atoms with Crippen LogP contribution in [-0.4, -0.2) is 25.8 Å². The second kappa shape index (κ2) is 7.69. The fourth-order valence-electron chi connectivity index (χ4n) is 1.94. The van der Waals surface area contributed by atoms with E-state index in [0.29, 0.717) is 40.0 Å². The number of carbonyl (C=O) groups is 1. The van der Waals surface area contributed by atoms with E-state index in [2.05, 4.69) is 10.5 Å². The van der Waals surface area contributed by atoms with Crippen LogP contribution in [0.3, 0.4) is 0 Å². The van der Waals surface area contributed by atoms with Crippen molar-refractivity contribution >= 4 is 23.7 Å². The highest BCUT2D eigenvalue weighted by Crippen LogP contribution is 2.35. The first-order valence-corrected chi connectivity index (χ1v) is 7.32. The van der Waals surface area contributed by atoms with E-state index in [1.807, 2.05) is 6.92 Å². The number of hydrogen-bond acceptors (Lipinski definition) is 5. The summed E-state index contributed by atoms with van der Waals surface area (Å²) in [6.07, 6.45) is 2.92. The van der Waals surface area contributed by atoms with Crippen LogP contribution in [0.2, 0.25) is 5.02 Å². The van der Waals surface area contributed by atoms with Crippen molar-refractivity contribution in [3.8, 4) is 11.5 Å². The van der Waals surface area contributed by atoms with Crippen LogP contribution in [0, 0.1) is 6.92 Å². The molecule has 0 atom stereocenters. The third kappa shape index (κ3) is 4.04. The summed E-state index contributed by atoms with van der Waals surface area (Å²) >= 11 is 6.17. The van der Waals surface area contributed by atoms with Gasteiger partial charge in [0.15, 0.2) is 11.5 Å². The number of benzene rings is 1. The lowest BCUT2D eigenvalue weighted by Gasteiger charge is -2.11. The Hall–Kier alpha value is -2.47. The van der Waals surface area contributed by atoms with E-state index in [0.717, 1.165) is 0 Å². The van der Waals surface area contributed by atoms with Gasteiger partial charge < -0.3 is 13.9 Å². The SMILES string of the molecule is CCOc1c(Cl)cc(/C=N\NC(=O)c2ccoc2C)cc1OC. The highest BCUT2D eigenvalue weighted by atomic mass is 35.5. The molecule has 0 fully saturated rings. The minimum Gasteiger partial charge on any atom is -0.493 e. The fourth-order valence-corrected chi connectivity index (χ4v) is 2.22. The number of nitrogens with zero attached hydrogens (tertiary/aromatic N) is 1. The van der Waals surface area contributed by atoms with Crippen LogP contribution in [0.15, 0.2) is 34.0 Å². The molecule has 23 heavy (non-hydrogen) atoms. The van der Waals surface area contributed by atoms with E-state index < -0.39 is 0 Å². The number of furan rings is 1. The van der Waals surface area contributed by atoms with Crippen molar-refractivity contribution in [1.82, 2.24) is 5.43 Å². The first kappa shape index (κ1) is 16.9. The summed E-state index contributed by atoms with van der Waals surface area (Å²) in [5.41, 5.74) is 3.53. The van der Waals surface area contributed by atoms with Crippen LogP contribution < -0.4 is 14.9 Å². The summed E-state index contributed by atoms with van der Waals surface area (Å²) in [6.45, 7) is 4.04. The first-order valence-electron chi connectivity index (χ1n) is 6.94. The third-order valence-corrected chi connectivity index (χ3v) is 3.30. The minimum atomic E-state index is -0.350. The predicted octanol–water partition coefficient (Wildman–Crippen LogP) is 3.41. The number of methoxy groups -OCH3 is 1. The molecular formula is C16H17ClN2O4. The number of hydrazone groups is 1. The zero-order chi connectivity index (χ0) is 16.8. The van der Waals surface area contributed by atoms with Gasteiger partial charge in [0, 0.05) is 0 Å². The Morgan fingerprint density at radius 1 is 1.48 bits per heavy atom. The quantitative estimate of drug-likeness (QED) is 0.648. The minimum absolute atomic E-state index is 0.350. The number of rotatable bonds is 6. The smallest absolute Gasteiger partial charge is 0.274 e. The molecular weight excluding hydrogens is 320 g/mol. The van der Waals surface area contributed by atoms with Gasteiger partial charge >= 0.3 is 0 Å². The van der Waals surface area contributed by atoms with Crippen LogP contribution in [0.4, 0.5) is 0 Å². The second-order valence-electron chi connectivity index (χ2n) is 4.56. The fraction of sp³-hybridized carbons (Fsp3) is 0.250. The van der Waals surface area contributed by atoms with Crippen molar-refractivity contribution in [3.05, 3.63) is 46.4 Å². The molecule has 0 bridgehead atoms. The highest BCUT2D eigenvalue weighted by Gasteiger charge is 2.12. The van der Waals surface area contributed by atoms with Gasteiger partial charge in [0.25, 0.3) is 5.91 Å².